The summed E-state index contributed by atoms with van der Waals surface area (Å²) in [5, 5.41) is 17.5. The average Bonchev–Trinajstić information content (AvgIpc) is 2.90. The molecule has 110 valence electrons. The molecule has 1 amide bonds. The lowest BCUT2D eigenvalue weighted by molar-refractivity contribution is -0.389. The summed E-state index contributed by atoms with van der Waals surface area (Å²) in [6.07, 6.45) is 1.63. The summed E-state index contributed by atoms with van der Waals surface area (Å²) in [7, 11) is 0. The van der Waals surface area contributed by atoms with Crippen LogP contribution < -0.4 is 5.32 Å². The zero-order valence-electron chi connectivity index (χ0n) is 11.2. The van der Waals surface area contributed by atoms with Gasteiger partial charge < -0.3 is 15.4 Å². The van der Waals surface area contributed by atoms with Crippen LogP contribution >= 0.6 is 11.6 Å². The Labute approximate surface area is 125 Å². The Balaban J connectivity index is 1.92. The highest BCUT2D eigenvalue weighted by Crippen LogP contribution is 2.20. The molecule has 0 spiro atoms. The molecule has 0 aliphatic carbocycles. The fourth-order valence-electron chi connectivity index (χ4n) is 1.73. The first-order chi connectivity index (χ1) is 9.95. The van der Waals surface area contributed by atoms with Gasteiger partial charge in [0.15, 0.2) is 0 Å². The van der Waals surface area contributed by atoms with E-state index in [9.17, 15) is 14.9 Å². The number of halogens is 1. The lowest BCUT2D eigenvalue weighted by atomic mass is 10.2. The van der Waals surface area contributed by atoms with Gasteiger partial charge in [-0.2, -0.15) is 4.68 Å². The van der Waals surface area contributed by atoms with Gasteiger partial charge in [0.05, 0.1) is 23.9 Å². The first-order valence-corrected chi connectivity index (χ1v) is 6.57. The summed E-state index contributed by atoms with van der Waals surface area (Å²) in [6.45, 7) is 2.13. The van der Waals surface area contributed by atoms with Crippen molar-refractivity contribution in [2.75, 3.05) is 5.32 Å². The number of rotatable bonds is 5. The molecular formula is C13H13ClN4O3. The van der Waals surface area contributed by atoms with Crippen molar-refractivity contribution in [3.63, 3.8) is 0 Å². The lowest BCUT2D eigenvalue weighted by Gasteiger charge is -2.08. The number of hydrogen-bond acceptors (Lipinski definition) is 4. The number of carbonyl (C=O) groups excluding carboxylic acids is 1. The zero-order chi connectivity index (χ0) is 15.4. The van der Waals surface area contributed by atoms with E-state index < -0.39 is 4.92 Å². The van der Waals surface area contributed by atoms with Gasteiger partial charge in [0.25, 0.3) is 0 Å². The maximum absolute atomic E-state index is 11.9. The summed E-state index contributed by atoms with van der Waals surface area (Å²) in [6, 6.07) is 6.52. The van der Waals surface area contributed by atoms with Crippen LogP contribution in [0.4, 0.5) is 11.5 Å². The number of nitro groups is 1. The maximum atomic E-state index is 11.9. The third-order valence-electron chi connectivity index (χ3n) is 2.86. The highest BCUT2D eigenvalue weighted by atomic mass is 35.5. The van der Waals surface area contributed by atoms with E-state index in [1.165, 1.54) is 16.9 Å². The molecular weight excluding hydrogens is 296 g/mol. The lowest BCUT2D eigenvalue weighted by Crippen LogP contribution is -2.15. The molecule has 0 radical (unpaired) electrons. The Kier molecular flexibility index (Phi) is 4.54. The van der Waals surface area contributed by atoms with Gasteiger partial charge in [-0.25, -0.2) is 0 Å². The Morgan fingerprint density at radius 1 is 1.48 bits per heavy atom. The van der Waals surface area contributed by atoms with Gasteiger partial charge >= 0.3 is 5.82 Å². The zero-order valence-corrected chi connectivity index (χ0v) is 12.0. The Bertz CT molecular complexity index is 684. The smallest absolute Gasteiger partial charge is 0.358 e. The van der Waals surface area contributed by atoms with E-state index >= 15 is 0 Å². The van der Waals surface area contributed by atoms with E-state index in [2.05, 4.69) is 10.4 Å². The van der Waals surface area contributed by atoms with Gasteiger partial charge in [-0.15, -0.1) is 0 Å². The van der Waals surface area contributed by atoms with Crippen molar-refractivity contribution < 1.29 is 9.72 Å². The molecule has 0 fully saturated rings. The predicted molar refractivity (Wildman–Crippen MR) is 78.3 cm³/mol. The van der Waals surface area contributed by atoms with Crippen molar-refractivity contribution in [2.45, 2.75) is 19.9 Å². The molecule has 2 rings (SSSR count). The molecule has 7 nitrogen and oxygen atoms in total. The number of nitrogens with zero attached hydrogens (tertiary/aromatic N) is 3. The van der Waals surface area contributed by atoms with Crippen LogP contribution in [0.5, 0.6) is 0 Å². The Hall–Kier alpha value is -2.41. The number of carbonyl (C=O) groups is 1. The third kappa shape index (κ3) is 4.03. The fraction of sp³-hybridized carbons (Fsp3) is 0.231. The third-order valence-corrected chi connectivity index (χ3v) is 3.09. The quantitative estimate of drug-likeness (QED) is 0.679. The fourth-order valence-corrected chi connectivity index (χ4v) is 1.90. The number of nitrogens with one attached hydrogen (secondary N) is 1. The summed E-state index contributed by atoms with van der Waals surface area (Å²) < 4.78 is 1.36. The molecule has 1 aromatic carbocycles. The molecule has 0 unspecified atom stereocenters. The minimum atomic E-state index is -0.577. The van der Waals surface area contributed by atoms with E-state index in [1.807, 2.05) is 13.0 Å². The van der Waals surface area contributed by atoms with Crippen molar-refractivity contribution in [1.29, 1.82) is 0 Å². The van der Waals surface area contributed by atoms with Crippen LogP contribution in [-0.2, 0) is 11.3 Å². The molecule has 8 heteroatoms. The number of anilines is 1. The highest BCUT2D eigenvalue weighted by molar-refractivity contribution is 6.31. The molecule has 1 aromatic heterocycles. The molecule has 1 N–H and O–H groups in total. The second-order valence-electron chi connectivity index (χ2n) is 4.45. The van der Waals surface area contributed by atoms with E-state index in [4.69, 9.17) is 11.6 Å². The molecule has 0 aliphatic rings. The number of benzene rings is 1. The summed E-state index contributed by atoms with van der Waals surface area (Å²) >= 11 is 5.88. The maximum Gasteiger partial charge on any atom is 0.389 e. The molecule has 0 aliphatic heterocycles. The predicted octanol–water partition coefficient (Wildman–Crippen LogP) is 2.78. The van der Waals surface area contributed by atoms with Crippen LogP contribution in [0.25, 0.3) is 0 Å². The highest BCUT2D eigenvalue weighted by Gasteiger charge is 2.12. The van der Waals surface area contributed by atoms with Crippen LogP contribution in [0.15, 0.2) is 30.5 Å². The standard InChI is InChI=1S/C13H13ClN4O3/c1-9-2-3-10(14)8-11(9)15-13(19)5-7-17-6-4-12(16-17)18(20)21/h2-4,6,8H,5,7H2,1H3,(H,15,19). The van der Waals surface area contributed by atoms with Crippen molar-refractivity contribution in [2.24, 2.45) is 0 Å². The SMILES string of the molecule is Cc1ccc(Cl)cc1NC(=O)CCn1ccc([N+](=O)[O-])n1. The summed E-state index contributed by atoms with van der Waals surface area (Å²) in [5.74, 6) is -0.445. The van der Waals surface area contributed by atoms with Crippen molar-refractivity contribution in [3.05, 3.63) is 51.2 Å². The van der Waals surface area contributed by atoms with Crippen molar-refractivity contribution in [3.8, 4) is 0 Å². The Morgan fingerprint density at radius 2 is 2.24 bits per heavy atom. The summed E-state index contributed by atoms with van der Waals surface area (Å²) in [4.78, 5) is 21.8. The van der Waals surface area contributed by atoms with Crippen LogP contribution in [0.2, 0.25) is 5.02 Å². The van der Waals surface area contributed by atoms with Crippen molar-refractivity contribution >= 4 is 29.0 Å². The minimum Gasteiger partial charge on any atom is -0.358 e. The van der Waals surface area contributed by atoms with Gasteiger partial charge in [0.2, 0.25) is 5.91 Å². The minimum absolute atomic E-state index is 0.158. The van der Waals surface area contributed by atoms with Gasteiger partial charge in [-0.05, 0) is 29.5 Å². The molecule has 0 atom stereocenters. The molecule has 0 bridgehead atoms. The second-order valence-corrected chi connectivity index (χ2v) is 4.89. The van der Waals surface area contributed by atoms with Crippen molar-refractivity contribution in [1.82, 2.24) is 9.78 Å². The van der Waals surface area contributed by atoms with Crippen LogP contribution in [-0.4, -0.2) is 20.6 Å². The average molecular weight is 309 g/mol. The molecule has 2 aromatic rings. The van der Waals surface area contributed by atoms with Crippen LogP contribution in [0.3, 0.4) is 0 Å². The first-order valence-electron chi connectivity index (χ1n) is 6.19. The monoisotopic (exact) mass is 308 g/mol. The van der Waals surface area contributed by atoms with Crippen LogP contribution in [0.1, 0.15) is 12.0 Å². The first kappa shape index (κ1) is 15.0. The normalized spacial score (nSPS) is 10.4. The van der Waals surface area contributed by atoms with Gasteiger partial charge in [0.1, 0.15) is 0 Å². The van der Waals surface area contributed by atoms with E-state index in [-0.39, 0.29) is 24.7 Å². The number of hydrogen-bond donors (Lipinski definition) is 1. The summed E-state index contributed by atoms with van der Waals surface area (Å²) in [5.41, 5.74) is 1.56. The number of amides is 1. The largest absolute Gasteiger partial charge is 0.389 e. The number of aromatic nitrogens is 2. The second kappa shape index (κ2) is 6.36. The van der Waals surface area contributed by atoms with Crippen LogP contribution in [0, 0.1) is 17.0 Å². The van der Waals surface area contributed by atoms with Gasteiger partial charge in [-0.3, -0.25) is 4.79 Å². The van der Waals surface area contributed by atoms with Gasteiger partial charge in [0, 0.05) is 17.1 Å². The van der Waals surface area contributed by atoms with E-state index in [1.54, 1.807) is 12.1 Å². The molecule has 0 saturated carbocycles. The van der Waals surface area contributed by atoms with Gasteiger partial charge in [-0.1, -0.05) is 17.7 Å². The molecule has 1 heterocycles. The van der Waals surface area contributed by atoms with E-state index in [0.29, 0.717) is 10.7 Å². The topological polar surface area (TPSA) is 90.1 Å². The Morgan fingerprint density at radius 3 is 2.90 bits per heavy atom. The van der Waals surface area contributed by atoms with E-state index in [0.717, 1.165) is 5.56 Å². The molecule has 21 heavy (non-hydrogen) atoms. The number of aryl methyl sites for hydroxylation is 2. The molecule has 0 saturated heterocycles.